The summed E-state index contributed by atoms with van der Waals surface area (Å²) in [4.78, 5) is 43.3. The Morgan fingerprint density at radius 2 is 1.68 bits per heavy atom. The number of hydrogen-bond donors (Lipinski definition) is 0. The van der Waals surface area contributed by atoms with Crippen LogP contribution in [-0.2, 0) is 29.0 Å². The van der Waals surface area contributed by atoms with Crippen LogP contribution in [0.25, 0.3) is 0 Å². The van der Waals surface area contributed by atoms with Crippen LogP contribution in [-0.4, -0.2) is 78.8 Å². The number of likely N-dealkylation sites (tertiary alicyclic amines) is 1. The maximum Gasteiger partial charge on any atom is 0.329 e. The van der Waals surface area contributed by atoms with Gasteiger partial charge in [0.25, 0.3) is 5.91 Å². The van der Waals surface area contributed by atoms with Gasteiger partial charge in [0.2, 0.25) is 5.91 Å². The Kier molecular flexibility index (Phi) is 6.22. The highest BCUT2D eigenvalue weighted by atomic mass is 32.2. The molecule has 8 nitrogen and oxygen atoms in total. The predicted molar refractivity (Wildman–Crippen MR) is 125 cm³/mol. The zero-order valence-corrected chi connectivity index (χ0v) is 21.2. The van der Waals surface area contributed by atoms with Crippen molar-refractivity contribution in [1.82, 2.24) is 9.80 Å². The fourth-order valence-electron chi connectivity index (χ4n) is 8.08. The molecule has 6 fully saturated rings. The second-order valence-electron chi connectivity index (χ2n) is 11.6. The number of esters is 1. The van der Waals surface area contributed by atoms with E-state index in [1.807, 2.05) is 0 Å². The zero-order valence-electron chi connectivity index (χ0n) is 20.4. The Hall–Kier alpha value is -1.64. The second kappa shape index (κ2) is 8.79. The SMILES string of the molecule is CCN(C(=O)C(C)OC(=O)C1CCCN1C(=O)C12CC3CC(CC(C3)C1)C2)C1CCS(=O)(=O)C1. The highest BCUT2D eigenvalue weighted by Gasteiger charge is 2.57. The van der Waals surface area contributed by atoms with Crippen molar-refractivity contribution in [1.29, 1.82) is 0 Å². The minimum absolute atomic E-state index is 0.0385. The van der Waals surface area contributed by atoms with Gasteiger partial charge in [0.15, 0.2) is 15.9 Å². The molecule has 0 aromatic rings. The number of sulfone groups is 1. The summed E-state index contributed by atoms with van der Waals surface area (Å²) in [5.74, 6) is 1.26. The van der Waals surface area contributed by atoms with Crippen molar-refractivity contribution in [2.45, 2.75) is 89.8 Å². The van der Waals surface area contributed by atoms with Crippen LogP contribution in [0.1, 0.15) is 71.6 Å². The van der Waals surface area contributed by atoms with Crippen LogP contribution in [0.3, 0.4) is 0 Å². The fourth-order valence-corrected chi connectivity index (χ4v) is 9.81. The summed E-state index contributed by atoms with van der Waals surface area (Å²) in [5.41, 5.74) is -0.300. The van der Waals surface area contributed by atoms with Crippen LogP contribution in [0, 0.1) is 23.2 Å². The number of hydrogen-bond acceptors (Lipinski definition) is 6. The lowest BCUT2D eigenvalue weighted by molar-refractivity contribution is -0.170. The first kappa shape index (κ1) is 24.1. The van der Waals surface area contributed by atoms with E-state index in [0.717, 1.165) is 25.7 Å². The van der Waals surface area contributed by atoms with Crippen LogP contribution in [0.5, 0.6) is 0 Å². The molecule has 6 rings (SSSR count). The Morgan fingerprint density at radius 3 is 2.21 bits per heavy atom. The fraction of sp³-hybridized carbons (Fsp3) is 0.880. The minimum atomic E-state index is -3.13. The van der Waals surface area contributed by atoms with Crippen molar-refractivity contribution in [2.75, 3.05) is 24.6 Å². The van der Waals surface area contributed by atoms with Crippen molar-refractivity contribution in [3.8, 4) is 0 Å². The highest BCUT2D eigenvalue weighted by molar-refractivity contribution is 7.91. The first-order chi connectivity index (χ1) is 16.1. The summed E-state index contributed by atoms with van der Waals surface area (Å²) in [6.45, 7) is 4.29. The van der Waals surface area contributed by atoms with Crippen LogP contribution in [0.4, 0.5) is 0 Å². The zero-order chi connectivity index (χ0) is 24.3. The van der Waals surface area contributed by atoms with E-state index in [1.165, 1.54) is 24.2 Å². The lowest BCUT2D eigenvalue weighted by Gasteiger charge is -2.56. The van der Waals surface area contributed by atoms with Gasteiger partial charge in [-0.2, -0.15) is 0 Å². The van der Waals surface area contributed by atoms with E-state index in [4.69, 9.17) is 4.74 Å². The smallest absolute Gasteiger partial charge is 0.329 e. The summed E-state index contributed by atoms with van der Waals surface area (Å²) in [5, 5.41) is 0. The second-order valence-corrected chi connectivity index (χ2v) is 13.8. The topological polar surface area (TPSA) is 101 Å². The quantitative estimate of drug-likeness (QED) is 0.525. The molecule has 6 aliphatic rings. The molecule has 4 bridgehead atoms. The summed E-state index contributed by atoms with van der Waals surface area (Å²) in [6, 6.07) is -0.998. The van der Waals surface area contributed by atoms with Gasteiger partial charge in [-0.05, 0) is 89.4 Å². The Labute approximate surface area is 202 Å². The molecule has 4 aliphatic carbocycles. The monoisotopic (exact) mass is 494 g/mol. The molecule has 0 radical (unpaired) electrons. The van der Waals surface area contributed by atoms with E-state index in [1.54, 1.807) is 18.7 Å². The highest BCUT2D eigenvalue weighted by Crippen LogP contribution is 2.60. The van der Waals surface area contributed by atoms with Gasteiger partial charge in [0.1, 0.15) is 6.04 Å². The van der Waals surface area contributed by atoms with E-state index in [2.05, 4.69) is 0 Å². The van der Waals surface area contributed by atoms with Gasteiger partial charge in [-0.25, -0.2) is 13.2 Å². The predicted octanol–water partition coefficient (Wildman–Crippen LogP) is 2.16. The Bertz CT molecular complexity index is 927. The molecule has 4 saturated carbocycles. The molecule has 2 saturated heterocycles. The third-order valence-electron chi connectivity index (χ3n) is 9.19. The number of likely N-dealkylation sites (N-methyl/N-ethyl adjacent to an activating group) is 1. The Morgan fingerprint density at radius 1 is 1.06 bits per heavy atom. The molecular weight excluding hydrogens is 456 g/mol. The summed E-state index contributed by atoms with van der Waals surface area (Å²) in [6.07, 6.45) is 7.39. The number of carbonyl (C=O) groups is 3. The molecule has 0 aromatic carbocycles. The first-order valence-electron chi connectivity index (χ1n) is 13.1. The number of nitrogens with zero attached hydrogens (tertiary/aromatic N) is 2. The lowest BCUT2D eigenvalue weighted by atomic mass is 9.49. The van der Waals surface area contributed by atoms with Gasteiger partial charge in [-0.15, -0.1) is 0 Å². The maximum absolute atomic E-state index is 13.8. The minimum Gasteiger partial charge on any atom is -0.451 e. The van der Waals surface area contributed by atoms with Crippen molar-refractivity contribution < 1.29 is 27.5 Å². The van der Waals surface area contributed by atoms with E-state index in [9.17, 15) is 22.8 Å². The van der Waals surface area contributed by atoms with E-state index in [0.29, 0.717) is 43.7 Å². The number of carbonyl (C=O) groups excluding carboxylic acids is 3. The third kappa shape index (κ3) is 4.26. The number of amides is 2. The van der Waals surface area contributed by atoms with E-state index in [-0.39, 0.29) is 34.8 Å². The lowest BCUT2D eigenvalue weighted by Crippen LogP contribution is -2.56. The van der Waals surface area contributed by atoms with Gasteiger partial charge < -0.3 is 14.5 Å². The molecule has 0 spiro atoms. The average Bonchev–Trinajstić information content (AvgIpc) is 3.39. The van der Waals surface area contributed by atoms with Crippen LogP contribution in [0.2, 0.25) is 0 Å². The van der Waals surface area contributed by atoms with Crippen LogP contribution in [0.15, 0.2) is 0 Å². The molecule has 190 valence electrons. The molecule has 3 unspecified atom stereocenters. The van der Waals surface area contributed by atoms with Crippen molar-refractivity contribution in [3.63, 3.8) is 0 Å². The van der Waals surface area contributed by atoms with Crippen molar-refractivity contribution >= 4 is 27.6 Å². The van der Waals surface area contributed by atoms with Crippen LogP contribution < -0.4 is 0 Å². The molecule has 9 heteroatoms. The van der Waals surface area contributed by atoms with Gasteiger partial charge in [-0.1, -0.05) is 0 Å². The number of rotatable bonds is 6. The molecule has 3 atom stereocenters. The van der Waals surface area contributed by atoms with Crippen LogP contribution >= 0.6 is 0 Å². The number of ether oxygens (including phenoxy) is 1. The standard InChI is InChI=1S/C25H38N2O6S/c1-3-26(20-6-8-34(31,32)15-20)22(28)16(2)33-23(29)21-5-4-7-27(21)24(30)25-12-17-9-18(13-25)11-19(10-17)14-25/h16-21H,3-15H2,1-2H3. The first-order valence-corrected chi connectivity index (χ1v) is 15.0. The molecule has 0 N–H and O–H groups in total. The maximum atomic E-state index is 13.8. The summed E-state index contributed by atoms with van der Waals surface area (Å²) >= 11 is 0. The molecule has 2 amide bonds. The summed E-state index contributed by atoms with van der Waals surface area (Å²) in [7, 11) is -3.13. The largest absolute Gasteiger partial charge is 0.451 e. The molecule has 2 heterocycles. The molecule has 0 aromatic heterocycles. The average molecular weight is 495 g/mol. The third-order valence-corrected chi connectivity index (χ3v) is 10.9. The van der Waals surface area contributed by atoms with E-state index >= 15 is 0 Å². The van der Waals surface area contributed by atoms with Gasteiger partial charge in [0, 0.05) is 19.1 Å². The van der Waals surface area contributed by atoms with Crippen molar-refractivity contribution in [3.05, 3.63) is 0 Å². The molecule has 2 aliphatic heterocycles. The van der Waals surface area contributed by atoms with Gasteiger partial charge in [0.05, 0.1) is 16.9 Å². The van der Waals surface area contributed by atoms with Gasteiger partial charge in [-0.3, -0.25) is 9.59 Å². The normalized spacial score (nSPS) is 38.6. The van der Waals surface area contributed by atoms with E-state index < -0.39 is 28.0 Å². The van der Waals surface area contributed by atoms with Crippen molar-refractivity contribution in [2.24, 2.45) is 23.2 Å². The van der Waals surface area contributed by atoms with Gasteiger partial charge >= 0.3 is 5.97 Å². The Balaban J connectivity index is 1.23. The molecular formula is C25H38N2O6S. The summed E-state index contributed by atoms with van der Waals surface area (Å²) < 4.78 is 29.4. The molecule has 34 heavy (non-hydrogen) atoms.